The molecule has 160 valence electrons. The second-order valence-electron chi connectivity index (χ2n) is 8.11. The number of rotatable bonds is 3. The summed E-state index contributed by atoms with van der Waals surface area (Å²) in [4.78, 5) is 40.7. The van der Waals surface area contributed by atoms with Gasteiger partial charge in [-0.1, -0.05) is 12.1 Å². The molecule has 2 saturated heterocycles. The third-order valence-corrected chi connectivity index (χ3v) is 6.27. The van der Waals surface area contributed by atoms with Gasteiger partial charge in [-0.3, -0.25) is 9.59 Å². The first-order valence-corrected chi connectivity index (χ1v) is 10.8. The maximum atomic E-state index is 13.4. The van der Waals surface area contributed by atoms with Gasteiger partial charge in [0.15, 0.2) is 5.69 Å². The van der Waals surface area contributed by atoms with E-state index in [0.717, 1.165) is 49.6 Å². The molecular formula is C23H26N6O2. The normalized spacial score (nSPS) is 19.3. The summed E-state index contributed by atoms with van der Waals surface area (Å²) in [5, 5.41) is 0. The molecule has 2 amide bonds. The van der Waals surface area contributed by atoms with Gasteiger partial charge in [0.05, 0.1) is 11.6 Å². The first kappa shape index (κ1) is 19.5. The summed E-state index contributed by atoms with van der Waals surface area (Å²) in [5.41, 5.74) is 1.27. The number of imidazole rings is 1. The van der Waals surface area contributed by atoms with Crippen molar-refractivity contribution < 1.29 is 9.59 Å². The van der Waals surface area contributed by atoms with Crippen LogP contribution in [0.2, 0.25) is 0 Å². The van der Waals surface area contributed by atoms with Crippen LogP contribution in [0.3, 0.4) is 0 Å². The van der Waals surface area contributed by atoms with Crippen molar-refractivity contribution in [3.05, 3.63) is 60.3 Å². The fraction of sp³-hybridized carbons (Fsp3) is 0.391. The maximum absolute atomic E-state index is 13.4. The van der Waals surface area contributed by atoms with Crippen molar-refractivity contribution in [1.82, 2.24) is 24.2 Å². The molecule has 5 rings (SSSR count). The number of hydrogen-bond acceptors (Lipinski definition) is 5. The molecule has 2 aliphatic rings. The molecule has 8 nitrogen and oxygen atoms in total. The number of carbonyl (C=O) groups excluding carboxylic acids is 2. The van der Waals surface area contributed by atoms with E-state index >= 15 is 0 Å². The van der Waals surface area contributed by atoms with E-state index < -0.39 is 0 Å². The second-order valence-corrected chi connectivity index (χ2v) is 8.11. The van der Waals surface area contributed by atoms with Crippen molar-refractivity contribution in [2.24, 2.45) is 0 Å². The standard InChI is InChI=1S/C23H26N6O2/c1-17(30)28-12-6-8-19(28)22-25-21(18-7-3-5-11-29(18)22)23(31)27-15-13-26(14-16-27)20-9-2-4-10-24-20/h2-5,7,9-11,19H,6,8,12-16H2,1H3. The summed E-state index contributed by atoms with van der Waals surface area (Å²) in [6.45, 7) is 5.06. The fourth-order valence-electron chi connectivity index (χ4n) is 4.70. The van der Waals surface area contributed by atoms with Crippen LogP contribution < -0.4 is 4.90 Å². The largest absolute Gasteiger partial charge is 0.353 e. The van der Waals surface area contributed by atoms with Gasteiger partial charge in [-0.05, 0) is 37.1 Å². The molecule has 1 unspecified atom stereocenters. The van der Waals surface area contributed by atoms with E-state index in [2.05, 4.69) is 9.88 Å². The first-order valence-electron chi connectivity index (χ1n) is 10.8. The van der Waals surface area contributed by atoms with Crippen molar-refractivity contribution in [1.29, 1.82) is 0 Å². The molecule has 2 fully saturated rings. The third-order valence-electron chi connectivity index (χ3n) is 6.27. The zero-order valence-corrected chi connectivity index (χ0v) is 17.6. The van der Waals surface area contributed by atoms with Crippen molar-refractivity contribution >= 4 is 23.1 Å². The van der Waals surface area contributed by atoms with Gasteiger partial charge < -0.3 is 19.1 Å². The summed E-state index contributed by atoms with van der Waals surface area (Å²) < 4.78 is 1.98. The number of aromatic nitrogens is 3. The fourth-order valence-corrected chi connectivity index (χ4v) is 4.70. The lowest BCUT2D eigenvalue weighted by Gasteiger charge is -2.35. The molecule has 0 aliphatic carbocycles. The molecule has 0 bridgehead atoms. The molecule has 31 heavy (non-hydrogen) atoms. The minimum Gasteiger partial charge on any atom is -0.353 e. The Labute approximate surface area is 181 Å². The zero-order valence-electron chi connectivity index (χ0n) is 17.6. The topological polar surface area (TPSA) is 74.1 Å². The molecule has 3 aromatic rings. The molecule has 3 aromatic heterocycles. The Hall–Kier alpha value is -3.42. The molecular weight excluding hydrogens is 392 g/mol. The smallest absolute Gasteiger partial charge is 0.274 e. The summed E-state index contributed by atoms with van der Waals surface area (Å²) >= 11 is 0. The van der Waals surface area contributed by atoms with Crippen molar-refractivity contribution in [3.63, 3.8) is 0 Å². The van der Waals surface area contributed by atoms with Gasteiger partial charge in [0, 0.05) is 52.0 Å². The SMILES string of the molecule is CC(=O)N1CCCC1c1nc(C(=O)N2CCN(c3ccccn3)CC2)c2ccccn12. The van der Waals surface area contributed by atoms with Crippen molar-refractivity contribution in [2.45, 2.75) is 25.8 Å². The number of piperazine rings is 1. The molecule has 8 heteroatoms. The highest BCUT2D eigenvalue weighted by atomic mass is 16.2. The number of amides is 2. The van der Waals surface area contributed by atoms with Crippen LogP contribution in [0.4, 0.5) is 5.82 Å². The summed E-state index contributed by atoms with van der Waals surface area (Å²) in [7, 11) is 0. The first-order chi connectivity index (χ1) is 15.1. The van der Waals surface area contributed by atoms with E-state index in [-0.39, 0.29) is 17.9 Å². The van der Waals surface area contributed by atoms with Crippen LogP contribution in [-0.2, 0) is 4.79 Å². The van der Waals surface area contributed by atoms with E-state index in [9.17, 15) is 9.59 Å². The van der Waals surface area contributed by atoms with E-state index in [0.29, 0.717) is 18.8 Å². The highest BCUT2D eigenvalue weighted by molar-refractivity contribution is 5.99. The quantitative estimate of drug-likeness (QED) is 0.653. The number of hydrogen-bond donors (Lipinski definition) is 0. The number of anilines is 1. The summed E-state index contributed by atoms with van der Waals surface area (Å²) in [5.74, 6) is 1.71. The van der Waals surface area contributed by atoms with Crippen LogP contribution in [-0.4, -0.2) is 68.7 Å². The number of carbonyl (C=O) groups is 2. The van der Waals surface area contributed by atoms with Crippen LogP contribution in [0, 0.1) is 0 Å². The minimum atomic E-state index is -0.0880. The molecule has 0 aromatic carbocycles. The van der Waals surface area contributed by atoms with Crippen LogP contribution in [0.5, 0.6) is 0 Å². The van der Waals surface area contributed by atoms with Gasteiger partial charge in [-0.2, -0.15) is 0 Å². The Morgan fingerprint density at radius 3 is 2.55 bits per heavy atom. The Bertz CT molecular complexity index is 1100. The predicted molar refractivity (Wildman–Crippen MR) is 117 cm³/mol. The Morgan fingerprint density at radius 2 is 1.81 bits per heavy atom. The molecule has 1 atom stereocenters. The lowest BCUT2D eigenvalue weighted by atomic mass is 10.2. The minimum absolute atomic E-state index is 0.0497. The van der Waals surface area contributed by atoms with E-state index in [4.69, 9.17) is 4.98 Å². The molecule has 5 heterocycles. The van der Waals surface area contributed by atoms with Crippen LogP contribution >= 0.6 is 0 Å². The Morgan fingerprint density at radius 1 is 1.00 bits per heavy atom. The van der Waals surface area contributed by atoms with Crippen LogP contribution in [0.25, 0.3) is 5.52 Å². The molecule has 2 aliphatic heterocycles. The number of nitrogens with zero attached hydrogens (tertiary/aromatic N) is 6. The number of pyridine rings is 2. The highest BCUT2D eigenvalue weighted by Gasteiger charge is 2.34. The van der Waals surface area contributed by atoms with Gasteiger partial charge in [0.1, 0.15) is 11.6 Å². The van der Waals surface area contributed by atoms with Gasteiger partial charge in [0.2, 0.25) is 5.91 Å². The average molecular weight is 419 g/mol. The van der Waals surface area contributed by atoms with Crippen LogP contribution in [0.1, 0.15) is 42.1 Å². The summed E-state index contributed by atoms with van der Waals surface area (Å²) in [6.07, 6.45) is 5.54. The van der Waals surface area contributed by atoms with Crippen molar-refractivity contribution in [3.8, 4) is 0 Å². The summed E-state index contributed by atoms with van der Waals surface area (Å²) in [6, 6.07) is 11.6. The molecule has 0 N–H and O–H groups in total. The van der Waals surface area contributed by atoms with Gasteiger partial charge in [-0.15, -0.1) is 0 Å². The maximum Gasteiger partial charge on any atom is 0.274 e. The Balaban J connectivity index is 1.40. The zero-order chi connectivity index (χ0) is 21.4. The number of fused-ring (bicyclic) bond motifs is 1. The molecule has 0 spiro atoms. The average Bonchev–Trinajstić information content (AvgIpc) is 3.44. The monoisotopic (exact) mass is 418 g/mol. The van der Waals surface area contributed by atoms with Gasteiger partial charge in [0.25, 0.3) is 5.91 Å². The lowest BCUT2D eigenvalue weighted by Crippen LogP contribution is -2.49. The lowest BCUT2D eigenvalue weighted by molar-refractivity contribution is -0.129. The number of likely N-dealkylation sites (tertiary alicyclic amines) is 1. The van der Waals surface area contributed by atoms with E-state index in [1.54, 1.807) is 13.1 Å². The van der Waals surface area contributed by atoms with Gasteiger partial charge in [-0.25, -0.2) is 9.97 Å². The molecule has 0 radical (unpaired) electrons. The van der Waals surface area contributed by atoms with Gasteiger partial charge >= 0.3 is 0 Å². The van der Waals surface area contributed by atoms with E-state index in [1.807, 2.05) is 56.8 Å². The Kier molecular flexibility index (Phi) is 5.05. The predicted octanol–water partition coefficient (Wildman–Crippen LogP) is 2.38. The highest BCUT2D eigenvalue weighted by Crippen LogP contribution is 2.33. The van der Waals surface area contributed by atoms with E-state index in [1.165, 1.54) is 0 Å². The second kappa shape index (κ2) is 8.02. The third kappa shape index (κ3) is 3.52. The van der Waals surface area contributed by atoms with Crippen LogP contribution in [0.15, 0.2) is 48.8 Å². The molecule has 0 saturated carbocycles. The van der Waals surface area contributed by atoms with Crippen molar-refractivity contribution in [2.75, 3.05) is 37.6 Å².